The zero-order valence-electron chi connectivity index (χ0n) is 9.91. The van der Waals surface area contributed by atoms with E-state index in [0.717, 1.165) is 13.1 Å². The van der Waals surface area contributed by atoms with Crippen molar-refractivity contribution in [3.05, 3.63) is 0 Å². The fraction of sp³-hybridized carbons (Fsp3) is 1.00. The largest absolute Gasteiger partial charge is 0.390 e. The molecule has 0 saturated heterocycles. The first-order valence-corrected chi connectivity index (χ1v) is 7.28. The van der Waals surface area contributed by atoms with Gasteiger partial charge >= 0.3 is 0 Å². The van der Waals surface area contributed by atoms with Gasteiger partial charge in [0.05, 0.1) is 11.4 Å². The molecule has 0 aromatic heterocycles. The zero-order chi connectivity index (χ0) is 11.9. The smallest absolute Gasteiger partial charge is 0.150 e. The van der Waals surface area contributed by atoms with Gasteiger partial charge in [0.15, 0.2) is 0 Å². The summed E-state index contributed by atoms with van der Waals surface area (Å²) in [6.45, 7) is 6.90. The van der Waals surface area contributed by atoms with Crippen LogP contribution in [-0.4, -0.2) is 43.7 Å². The monoisotopic (exact) mass is 237 g/mol. The summed E-state index contributed by atoms with van der Waals surface area (Å²) in [6.07, 6.45) is 0.897. The molecule has 0 aromatic carbocycles. The van der Waals surface area contributed by atoms with Gasteiger partial charge in [0.25, 0.3) is 0 Å². The molecular weight excluding hydrogens is 214 g/mol. The van der Waals surface area contributed by atoms with Crippen LogP contribution < -0.4 is 5.32 Å². The Morgan fingerprint density at radius 3 is 2.33 bits per heavy atom. The Balaban J connectivity index is 3.93. The molecular formula is C10H23NO3S. The Kier molecular flexibility index (Phi) is 6.40. The maximum absolute atomic E-state index is 11.2. The highest BCUT2D eigenvalue weighted by Gasteiger charge is 2.22. The van der Waals surface area contributed by atoms with Crippen molar-refractivity contribution in [2.24, 2.45) is 0 Å². The van der Waals surface area contributed by atoms with E-state index in [4.69, 9.17) is 0 Å². The summed E-state index contributed by atoms with van der Waals surface area (Å²) < 4.78 is 22.5. The molecule has 0 heterocycles. The van der Waals surface area contributed by atoms with Crippen molar-refractivity contribution in [2.75, 3.05) is 24.6 Å². The number of nitrogens with one attached hydrogen (secondary N) is 1. The van der Waals surface area contributed by atoms with E-state index in [1.165, 1.54) is 0 Å². The molecule has 0 saturated carbocycles. The van der Waals surface area contributed by atoms with Gasteiger partial charge < -0.3 is 10.4 Å². The van der Waals surface area contributed by atoms with Crippen molar-refractivity contribution in [3.63, 3.8) is 0 Å². The average molecular weight is 237 g/mol. The average Bonchev–Trinajstić information content (AvgIpc) is 2.16. The van der Waals surface area contributed by atoms with Crippen LogP contribution in [0.25, 0.3) is 0 Å². The number of hydrogen-bond donors (Lipinski definition) is 2. The first kappa shape index (κ1) is 14.9. The summed E-state index contributed by atoms with van der Waals surface area (Å²) in [5.41, 5.74) is -0.885. The zero-order valence-corrected chi connectivity index (χ0v) is 10.7. The fourth-order valence-corrected chi connectivity index (χ4v) is 2.22. The van der Waals surface area contributed by atoms with Crippen LogP contribution in [-0.2, 0) is 9.84 Å². The SMILES string of the molecule is CCNCCC(C)(O)CCS(=O)(=O)CC. The normalized spacial score (nSPS) is 16.3. The number of sulfone groups is 1. The Labute approximate surface area is 93.0 Å². The molecule has 2 N–H and O–H groups in total. The Bertz CT molecular complexity index is 260. The van der Waals surface area contributed by atoms with Crippen molar-refractivity contribution in [3.8, 4) is 0 Å². The highest BCUT2D eigenvalue weighted by molar-refractivity contribution is 7.91. The Morgan fingerprint density at radius 1 is 1.27 bits per heavy atom. The first-order chi connectivity index (χ1) is 6.83. The lowest BCUT2D eigenvalue weighted by Gasteiger charge is -2.23. The minimum atomic E-state index is -2.96. The van der Waals surface area contributed by atoms with Gasteiger partial charge in [0, 0.05) is 5.75 Å². The van der Waals surface area contributed by atoms with Gasteiger partial charge in [0.2, 0.25) is 0 Å². The second kappa shape index (κ2) is 6.45. The molecule has 0 aliphatic rings. The van der Waals surface area contributed by atoms with Gasteiger partial charge in [-0.1, -0.05) is 13.8 Å². The molecule has 0 bridgehead atoms. The molecule has 1 unspecified atom stereocenters. The molecule has 5 heteroatoms. The lowest BCUT2D eigenvalue weighted by Crippen LogP contribution is -2.32. The van der Waals surface area contributed by atoms with Crippen molar-refractivity contribution in [1.29, 1.82) is 0 Å². The third-order valence-electron chi connectivity index (χ3n) is 2.48. The maximum Gasteiger partial charge on any atom is 0.150 e. The maximum atomic E-state index is 11.2. The predicted octanol–water partition coefficient (Wildman–Crippen LogP) is 0.562. The van der Waals surface area contributed by atoms with Crippen LogP contribution in [0.3, 0.4) is 0 Å². The van der Waals surface area contributed by atoms with E-state index in [9.17, 15) is 13.5 Å². The van der Waals surface area contributed by atoms with E-state index in [0.29, 0.717) is 12.8 Å². The minimum Gasteiger partial charge on any atom is -0.390 e. The molecule has 1 atom stereocenters. The number of hydrogen-bond acceptors (Lipinski definition) is 4. The lowest BCUT2D eigenvalue weighted by molar-refractivity contribution is 0.0482. The molecule has 92 valence electrons. The van der Waals surface area contributed by atoms with E-state index < -0.39 is 15.4 Å². The topological polar surface area (TPSA) is 66.4 Å². The van der Waals surface area contributed by atoms with Crippen LogP contribution in [0.5, 0.6) is 0 Å². The van der Waals surface area contributed by atoms with E-state index in [2.05, 4.69) is 5.32 Å². The summed E-state index contributed by atoms with van der Waals surface area (Å²) in [7, 11) is -2.96. The van der Waals surface area contributed by atoms with E-state index in [1.807, 2.05) is 6.92 Å². The van der Waals surface area contributed by atoms with E-state index in [1.54, 1.807) is 13.8 Å². The molecule has 0 aliphatic carbocycles. The second-order valence-electron chi connectivity index (χ2n) is 4.09. The molecule has 4 nitrogen and oxygen atoms in total. The van der Waals surface area contributed by atoms with Crippen LogP contribution in [0, 0.1) is 0 Å². The Morgan fingerprint density at radius 2 is 1.87 bits per heavy atom. The number of rotatable bonds is 8. The van der Waals surface area contributed by atoms with Gasteiger partial charge in [-0.2, -0.15) is 0 Å². The number of aliphatic hydroxyl groups is 1. The summed E-state index contributed by atoms with van der Waals surface area (Å²) >= 11 is 0. The third kappa shape index (κ3) is 7.76. The van der Waals surface area contributed by atoms with Gasteiger partial charge in [-0.05, 0) is 32.9 Å². The van der Waals surface area contributed by atoms with Gasteiger partial charge in [-0.3, -0.25) is 0 Å². The second-order valence-corrected chi connectivity index (χ2v) is 6.56. The molecule has 0 spiro atoms. The highest BCUT2D eigenvalue weighted by Crippen LogP contribution is 2.15. The summed E-state index contributed by atoms with van der Waals surface area (Å²) in [5.74, 6) is 0.221. The van der Waals surface area contributed by atoms with Gasteiger partial charge in [0.1, 0.15) is 9.84 Å². The molecule has 0 rings (SSSR count). The van der Waals surface area contributed by atoms with Crippen LogP contribution in [0.1, 0.15) is 33.6 Å². The summed E-state index contributed by atoms with van der Waals surface area (Å²) in [5, 5.41) is 13.0. The quantitative estimate of drug-likeness (QED) is 0.605. The van der Waals surface area contributed by atoms with Crippen LogP contribution >= 0.6 is 0 Å². The lowest BCUT2D eigenvalue weighted by atomic mass is 9.99. The van der Waals surface area contributed by atoms with Crippen LogP contribution in [0.2, 0.25) is 0 Å². The molecule has 0 aliphatic heterocycles. The summed E-state index contributed by atoms with van der Waals surface area (Å²) in [6, 6.07) is 0. The van der Waals surface area contributed by atoms with Crippen molar-refractivity contribution < 1.29 is 13.5 Å². The van der Waals surface area contributed by atoms with Gasteiger partial charge in [-0.15, -0.1) is 0 Å². The third-order valence-corrected chi connectivity index (χ3v) is 4.19. The van der Waals surface area contributed by atoms with E-state index >= 15 is 0 Å². The van der Waals surface area contributed by atoms with Gasteiger partial charge in [-0.25, -0.2) is 8.42 Å². The molecule has 0 radical (unpaired) electrons. The predicted molar refractivity (Wildman–Crippen MR) is 62.7 cm³/mol. The van der Waals surface area contributed by atoms with Crippen molar-refractivity contribution in [2.45, 2.75) is 39.2 Å². The summed E-state index contributed by atoms with van der Waals surface area (Å²) in [4.78, 5) is 0. The van der Waals surface area contributed by atoms with Crippen molar-refractivity contribution in [1.82, 2.24) is 5.32 Å². The molecule has 15 heavy (non-hydrogen) atoms. The fourth-order valence-electron chi connectivity index (χ4n) is 1.18. The van der Waals surface area contributed by atoms with Crippen LogP contribution in [0.15, 0.2) is 0 Å². The first-order valence-electron chi connectivity index (χ1n) is 5.46. The van der Waals surface area contributed by atoms with Crippen LogP contribution in [0.4, 0.5) is 0 Å². The molecule has 0 amide bonds. The molecule has 0 fully saturated rings. The Hall–Kier alpha value is -0.130. The standard InChI is InChI=1S/C10H23NO3S/c1-4-11-8-6-10(3,12)7-9-15(13,14)5-2/h11-12H,4-9H2,1-3H3. The molecule has 0 aromatic rings. The highest BCUT2D eigenvalue weighted by atomic mass is 32.2. The van der Waals surface area contributed by atoms with E-state index in [-0.39, 0.29) is 11.5 Å². The van der Waals surface area contributed by atoms with Crippen molar-refractivity contribution >= 4 is 9.84 Å². The minimum absolute atomic E-state index is 0.0720.